The third kappa shape index (κ3) is 5.35. The van der Waals surface area contributed by atoms with Gasteiger partial charge in [0.1, 0.15) is 12.0 Å². The van der Waals surface area contributed by atoms with Crippen LogP contribution in [0, 0.1) is 0 Å². The van der Waals surface area contributed by atoms with Crippen LogP contribution in [0.1, 0.15) is 23.0 Å². The van der Waals surface area contributed by atoms with Crippen molar-refractivity contribution in [2.75, 3.05) is 0 Å². The quantitative estimate of drug-likeness (QED) is 0.517. The fraction of sp³-hybridized carbons (Fsp3) is 0.125. The Morgan fingerprint density at radius 2 is 2.06 bits per heavy atom. The average molecular weight is 254 g/mol. The van der Waals surface area contributed by atoms with Gasteiger partial charge in [0.25, 0.3) is 0 Å². The number of halogens is 3. The molecule has 0 bridgehead atoms. The molecule has 1 aromatic heterocycles. The third-order valence-electron chi connectivity index (χ3n) is 1.57. The third-order valence-corrected chi connectivity index (χ3v) is 1.57. The summed E-state index contributed by atoms with van der Waals surface area (Å²) < 4.78 is 35.8. The fourth-order valence-corrected chi connectivity index (χ4v) is 0.969. The molecule has 0 saturated carbocycles. The number of rotatable bonds is 3. The van der Waals surface area contributed by atoms with Gasteiger partial charge in [-0.15, -0.1) is 5.98 Å². The maximum absolute atomic E-state index is 11.9. The maximum atomic E-state index is 11.9. The van der Waals surface area contributed by atoms with Crippen LogP contribution in [0.4, 0.5) is 12.9 Å². The molecule has 1 heterocycles. The van der Waals surface area contributed by atoms with Crippen molar-refractivity contribution in [2.24, 2.45) is 0 Å². The first-order chi connectivity index (χ1) is 6.90. The maximum Gasteiger partial charge on any atom is 1.00 e. The average Bonchev–Trinajstić information content (AvgIpc) is 2.14. The van der Waals surface area contributed by atoms with Gasteiger partial charge in [0, 0.05) is 18.7 Å². The van der Waals surface area contributed by atoms with Crippen LogP contribution in [0.25, 0.3) is 6.08 Å². The van der Waals surface area contributed by atoms with Crippen LogP contribution in [-0.2, 0) is 0 Å². The van der Waals surface area contributed by atoms with Crippen LogP contribution in [0.15, 0.2) is 18.5 Å². The van der Waals surface area contributed by atoms with E-state index < -0.39 is 12.8 Å². The normalized spacial score (nSPS) is 11.2. The number of aromatic nitrogens is 2. The van der Waals surface area contributed by atoms with Gasteiger partial charge in [0.15, 0.2) is 5.78 Å². The number of carbonyl (C=O) groups is 1. The van der Waals surface area contributed by atoms with Crippen LogP contribution in [0.2, 0.25) is 0 Å². The van der Waals surface area contributed by atoms with Gasteiger partial charge < -0.3 is 12.9 Å². The molecule has 0 atom stereocenters. The molecule has 16 heavy (non-hydrogen) atoms. The van der Waals surface area contributed by atoms with Gasteiger partial charge in [0.2, 0.25) is 0 Å². The number of ketones is 1. The van der Waals surface area contributed by atoms with Crippen LogP contribution in [0.5, 0.6) is 0 Å². The standard InChI is InChI=1S/C8H7BF3N2O.K/c1-6(15)8-7(4-13-5-14-8)2-3-9(10,11)12;/h2-5H,1H3;/q-1;+1/b3-2+;. The van der Waals surface area contributed by atoms with Gasteiger partial charge in [-0.1, -0.05) is 6.08 Å². The first kappa shape index (κ1) is 16.0. The Kier molecular flexibility index (Phi) is 6.64. The predicted molar refractivity (Wildman–Crippen MR) is 50.1 cm³/mol. The number of Topliss-reactive ketones (excluding diaryl/α,β-unsaturated/α-hetero) is 1. The van der Waals surface area contributed by atoms with E-state index in [0.717, 1.165) is 12.4 Å². The first-order valence-electron chi connectivity index (χ1n) is 4.10. The molecule has 0 fully saturated rings. The zero-order valence-corrected chi connectivity index (χ0v) is 11.9. The minimum Gasteiger partial charge on any atom is -0.445 e. The van der Waals surface area contributed by atoms with E-state index in [2.05, 4.69) is 9.97 Å². The largest absolute Gasteiger partial charge is 1.00 e. The fourth-order valence-electron chi connectivity index (χ4n) is 0.969. The second kappa shape index (κ2) is 6.65. The topological polar surface area (TPSA) is 42.9 Å². The molecule has 0 aliphatic heterocycles. The Labute approximate surface area is 133 Å². The molecule has 0 radical (unpaired) electrons. The van der Waals surface area contributed by atoms with E-state index in [1.807, 2.05) is 0 Å². The number of carbonyl (C=O) groups excluding carboxylic acids is 1. The summed E-state index contributed by atoms with van der Waals surface area (Å²) in [6.07, 6.45) is 3.09. The van der Waals surface area contributed by atoms with Crippen LogP contribution >= 0.6 is 0 Å². The summed E-state index contributed by atoms with van der Waals surface area (Å²) in [5.41, 5.74) is 0.0606. The molecule has 1 aromatic rings. The molecule has 80 valence electrons. The van der Waals surface area contributed by atoms with Gasteiger partial charge in [-0.25, -0.2) is 9.97 Å². The number of hydrogen-bond acceptors (Lipinski definition) is 3. The zero-order valence-electron chi connectivity index (χ0n) is 8.82. The molecule has 0 amide bonds. The predicted octanol–water partition coefficient (Wildman–Crippen LogP) is -0.917. The van der Waals surface area contributed by atoms with E-state index in [0.29, 0.717) is 0 Å². The van der Waals surface area contributed by atoms with Gasteiger partial charge in [-0.05, 0) is 0 Å². The molecule has 0 saturated heterocycles. The van der Waals surface area contributed by atoms with Crippen molar-refractivity contribution in [3.63, 3.8) is 0 Å². The Bertz CT molecular complexity index is 409. The van der Waals surface area contributed by atoms with Crippen LogP contribution in [-0.4, -0.2) is 22.7 Å². The van der Waals surface area contributed by atoms with Gasteiger partial charge in [0.05, 0.1) is 0 Å². The number of hydrogen-bond donors (Lipinski definition) is 0. The molecular weight excluding hydrogens is 247 g/mol. The number of nitrogens with zero attached hydrogens (tertiary/aromatic N) is 2. The van der Waals surface area contributed by atoms with Gasteiger partial charge in [-0.3, -0.25) is 4.79 Å². The van der Waals surface area contributed by atoms with E-state index in [-0.39, 0.29) is 68.6 Å². The molecule has 0 aliphatic rings. The Morgan fingerprint density at radius 1 is 1.44 bits per heavy atom. The molecule has 0 spiro atoms. The van der Waals surface area contributed by atoms with E-state index in [9.17, 15) is 17.7 Å². The van der Waals surface area contributed by atoms with Crippen molar-refractivity contribution in [1.82, 2.24) is 9.97 Å². The molecule has 3 nitrogen and oxygen atoms in total. The summed E-state index contributed by atoms with van der Waals surface area (Å²) in [5.74, 6) is -0.294. The monoisotopic (exact) mass is 254 g/mol. The van der Waals surface area contributed by atoms with Crippen molar-refractivity contribution < 1.29 is 69.1 Å². The molecular formula is C8H7BF3KN2O. The van der Waals surface area contributed by atoms with Crippen molar-refractivity contribution in [2.45, 2.75) is 6.92 Å². The van der Waals surface area contributed by atoms with E-state index in [4.69, 9.17) is 0 Å². The van der Waals surface area contributed by atoms with Crippen LogP contribution in [0.3, 0.4) is 0 Å². The van der Waals surface area contributed by atoms with Gasteiger partial charge >= 0.3 is 58.4 Å². The van der Waals surface area contributed by atoms with E-state index >= 15 is 0 Å². The van der Waals surface area contributed by atoms with Crippen LogP contribution < -0.4 is 51.4 Å². The van der Waals surface area contributed by atoms with Crippen molar-refractivity contribution in [3.05, 3.63) is 29.8 Å². The minimum atomic E-state index is -5.01. The summed E-state index contributed by atoms with van der Waals surface area (Å²) in [6, 6.07) is 0. The minimum absolute atomic E-state index is 0. The summed E-state index contributed by atoms with van der Waals surface area (Å²) >= 11 is 0. The SMILES string of the molecule is CC(=O)c1ncncc1/C=C/[B-](F)(F)F.[K+]. The molecule has 1 rings (SSSR count). The van der Waals surface area contributed by atoms with E-state index in [1.165, 1.54) is 13.1 Å². The first-order valence-corrected chi connectivity index (χ1v) is 4.10. The summed E-state index contributed by atoms with van der Waals surface area (Å²) in [5, 5.41) is 0. The summed E-state index contributed by atoms with van der Waals surface area (Å²) in [4.78, 5) is 18.2. The van der Waals surface area contributed by atoms with Crippen molar-refractivity contribution >= 4 is 18.8 Å². The van der Waals surface area contributed by atoms with Gasteiger partial charge in [-0.2, -0.15) is 0 Å². The molecule has 8 heteroatoms. The Hall–Kier alpha value is -0.0187. The van der Waals surface area contributed by atoms with E-state index in [1.54, 1.807) is 0 Å². The van der Waals surface area contributed by atoms with Crippen molar-refractivity contribution in [3.8, 4) is 0 Å². The summed E-state index contributed by atoms with van der Waals surface area (Å²) in [6.45, 7) is -3.78. The molecule has 0 aromatic carbocycles. The second-order valence-electron chi connectivity index (χ2n) is 2.87. The second-order valence-corrected chi connectivity index (χ2v) is 2.87. The smallest absolute Gasteiger partial charge is 0.445 e. The zero-order chi connectivity index (χ0) is 11.5. The summed E-state index contributed by atoms with van der Waals surface area (Å²) in [7, 11) is 0. The van der Waals surface area contributed by atoms with Crippen molar-refractivity contribution in [1.29, 1.82) is 0 Å². The Morgan fingerprint density at radius 3 is 2.56 bits per heavy atom. The Balaban J connectivity index is 0.00000225. The molecule has 0 unspecified atom stereocenters. The molecule has 0 aliphatic carbocycles. The molecule has 0 N–H and O–H groups in total.